The molecule has 3 aliphatic rings. The summed E-state index contributed by atoms with van der Waals surface area (Å²) >= 11 is 0. The van der Waals surface area contributed by atoms with Gasteiger partial charge in [-0.15, -0.1) is 0 Å². The van der Waals surface area contributed by atoms with Crippen molar-refractivity contribution >= 4 is 22.9 Å². The van der Waals surface area contributed by atoms with Crippen molar-refractivity contribution in [2.75, 3.05) is 51.0 Å². The number of hydrogen-bond acceptors (Lipinski definition) is 10. The second-order valence-corrected chi connectivity index (χ2v) is 10.4. The van der Waals surface area contributed by atoms with Gasteiger partial charge in [0, 0.05) is 49.2 Å². The number of ether oxygens (including phenoxy) is 3. The quantitative estimate of drug-likeness (QED) is 0.463. The van der Waals surface area contributed by atoms with Gasteiger partial charge in [0.2, 0.25) is 11.8 Å². The average molecular weight is 509 g/mol. The zero-order valence-electron chi connectivity index (χ0n) is 21.0. The maximum Gasteiger partial charge on any atom is 0.322 e. The molecule has 0 radical (unpaired) electrons. The molecule has 12 heteroatoms. The standard InChI is InChI=1S/C25H32N8O4/c1-25(14-35-15-25)13-27-22(34)21-28-23(30-24(29-21)37-12-17-4-3-11-36-17)33-9-6-16(7-10-33)19-18-5-2-8-26-20(18)32-31-19/h2,5,8,16-17H,3-4,6-7,9-15H2,1H3,(H,27,34)(H,26,31,32). The number of aromatic nitrogens is 6. The second kappa shape index (κ2) is 10.2. The summed E-state index contributed by atoms with van der Waals surface area (Å²) in [7, 11) is 0. The Morgan fingerprint density at radius 3 is 2.86 bits per heavy atom. The van der Waals surface area contributed by atoms with E-state index in [4.69, 9.17) is 14.2 Å². The highest BCUT2D eigenvalue weighted by atomic mass is 16.5. The van der Waals surface area contributed by atoms with E-state index in [1.54, 1.807) is 6.20 Å². The first-order valence-corrected chi connectivity index (χ1v) is 13.0. The minimum atomic E-state index is -0.343. The van der Waals surface area contributed by atoms with Gasteiger partial charge in [-0.1, -0.05) is 6.92 Å². The fourth-order valence-corrected chi connectivity index (χ4v) is 5.06. The molecule has 1 unspecified atom stereocenters. The molecule has 0 bridgehead atoms. The van der Waals surface area contributed by atoms with Crippen LogP contribution in [0.15, 0.2) is 18.3 Å². The number of aromatic amines is 1. The van der Waals surface area contributed by atoms with Gasteiger partial charge in [0.15, 0.2) is 5.65 Å². The van der Waals surface area contributed by atoms with Crippen LogP contribution in [0.5, 0.6) is 6.01 Å². The Bertz CT molecular complexity index is 1250. The van der Waals surface area contributed by atoms with E-state index in [0.717, 1.165) is 62.1 Å². The lowest BCUT2D eigenvalue weighted by Gasteiger charge is -2.37. The normalized spacial score (nSPS) is 21.6. The van der Waals surface area contributed by atoms with Gasteiger partial charge in [-0.3, -0.25) is 9.89 Å². The Kier molecular flexibility index (Phi) is 6.59. The van der Waals surface area contributed by atoms with E-state index in [9.17, 15) is 4.79 Å². The molecule has 1 amide bonds. The fraction of sp³-hybridized carbons (Fsp3) is 0.600. The Morgan fingerprint density at radius 1 is 1.24 bits per heavy atom. The molecular weight excluding hydrogens is 476 g/mol. The largest absolute Gasteiger partial charge is 0.461 e. The van der Waals surface area contributed by atoms with Crippen molar-refractivity contribution in [2.45, 2.75) is 44.6 Å². The molecule has 3 aromatic heterocycles. The van der Waals surface area contributed by atoms with Crippen molar-refractivity contribution in [2.24, 2.45) is 5.41 Å². The van der Waals surface area contributed by atoms with Crippen molar-refractivity contribution in [1.29, 1.82) is 0 Å². The van der Waals surface area contributed by atoms with Crippen LogP contribution < -0.4 is 15.0 Å². The lowest BCUT2D eigenvalue weighted by atomic mass is 9.89. The molecule has 0 saturated carbocycles. The molecule has 2 N–H and O–H groups in total. The van der Waals surface area contributed by atoms with Crippen molar-refractivity contribution < 1.29 is 19.0 Å². The number of piperidine rings is 1. The van der Waals surface area contributed by atoms with Gasteiger partial charge in [-0.2, -0.15) is 20.1 Å². The number of rotatable bonds is 8. The van der Waals surface area contributed by atoms with Gasteiger partial charge in [0.25, 0.3) is 5.91 Å². The van der Waals surface area contributed by atoms with Gasteiger partial charge in [0.1, 0.15) is 6.61 Å². The predicted octanol–water partition coefficient (Wildman–Crippen LogP) is 1.85. The number of carbonyl (C=O) groups excluding carboxylic acids is 1. The SMILES string of the molecule is CC1(CNC(=O)c2nc(OCC3CCCO3)nc(N3CCC(c4n[nH]c5ncccc45)CC3)n2)COC1. The zero-order chi connectivity index (χ0) is 25.2. The van der Waals surface area contributed by atoms with Crippen LogP contribution in [-0.4, -0.2) is 88.2 Å². The number of pyridine rings is 1. The first kappa shape index (κ1) is 24.0. The molecule has 196 valence electrons. The van der Waals surface area contributed by atoms with Crippen molar-refractivity contribution in [1.82, 2.24) is 35.5 Å². The summed E-state index contributed by atoms with van der Waals surface area (Å²) in [5, 5.41) is 11.6. The summed E-state index contributed by atoms with van der Waals surface area (Å²) in [6.07, 6.45) is 5.50. The van der Waals surface area contributed by atoms with E-state index in [1.165, 1.54) is 0 Å². The summed E-state index contributed by atoms with van der Waals surface area (Å²) in [5.41, 5.74) is 1.80. The number of anilines is 1. The monoisotopic (exact) mass is 508 g/mol. The number of amides is 1. The lowest BCUT2D eigenvalue weighted by Crippen LogP contribution is -2.48. The highest BCUT2D eigenvalue weighted by molar-refractivity contribution is 5.90. The summed E-state index contributed by atoms with van der Waals surface area (Å²) in [5.74, 6) is 0.471. The van der Waals surface area contributed by atoms with E-state index in [1.807, 2.05) is 6.07 Å². The molecule has 0 aliphatic carbocycles. The number of nitrogens with zero attached hydrogens (tertiary/aromatic N) is 6. The van der Waals surface area contributed by atoms with Gasteiger partial charge in [-0.25, -0.2) is 4.98 Å². The molecule has 1 atom stereocenters. The zero-order valence-corrected chi connectivity index (χ0v) is 21.0. The second-order valence-electron chi connectivity index (χ2n) is 10.4. The number of hydrogen-bond donors (Lipinski definition) is 2. The summed E-state index contributed by atoms with van der Waals surface area (Å²) in [4.78, 5) is 32.9. The van der Waals surface area contributed by atoms with E-state index in [2.05, 4.69) is 53.3 Å². The predicted molar refractivity (Wildman–Crippen MR) is 134 cm³/mol. The molecule has 3 saturated heterocycles. The fourth-order valence-electron chi connectivity index (χ4n) is 5.06. The molecule has 6 rings (SSSR count). The van der Waals surface area contributed by atoms with Crippen LogP contribution in [0.3, 0.4) is 0 Å². The first-order valence-electron chi connectivity index (χ1n) is 13.0. The van der Waals surface area contributed by atoms with E-state index >= 15 is 0 Å². The first-order chi connectivity index (χ1) is 18.1. The summed E-state index contributed by atoms with van der Waals surface area (Å²) in [6, 6.07) is 4.14. The molecular formula is C25H32N8O4. The van der Waals surface area contributed by atoms with Crippen LogP contribution in [0.25, 0.3) is 11.0 Å². The van der Waals surface area contributed by atoms with Crippen LogP contribution in [-0.2, 0) is 9.47 Å². The Labute approximate surface area is 214 Å². The Hall–Kier alpha value is -3.38. The molecule has 12 nitrogen and oxygen atoms in total. The third-order valence-corrected chi connectivity index (χ3v) is 7.34. The van der Waals surface area contributed by atoms with Crippen LogP contribution in [0.4, 0.5) is 5.95 Å². The van der Waals surface area contributed by atoms with Crippen molar-refractivity contribution in [3.8, 4) is 6.01 Å². The molecule has 3 aromatic rings. The van der Waals surface area contributed by atoms with Gasteiger partial charge in [-0.05, 0) is 37.8 Å². The minimum absolute atomic E-state index is 0.0185. The van der Waals surface area contributed by atoms with E-state index < -0.39 is 0 Å². The smallest absolute Gasteiger partial charge is 0.322 e. The van der Waals surface area contributed by atoms with Crippen LogP contribution in [0.1, 0.15) is 54.8 Å². The molecule has 0 aromatic carbocycles. The van der Waals surface area contributed by atoms with Crippen LogP contribution in [0, 0.1) is 5.41 Å². The maximum absolute atomic E-state index is 13.0. The van der Waals surface area contributed by atoms with Gasteiger partial charge in [0.05, 0.1) is 25.0 Å². The van der Waals surface area contributed by atoms with E-state index in [-0.39, 0.29) is 29.3 Å². The third-order valence-electron chi connectivity index (χ3n) is 7.34. The molecule has 3 fully saturated rings. The van der Waals surface area contributed by atoms with Crippen molar-refractivity contribution in [3.05, 3.63) is 29.8 Å². The number of H-pyrrole nitrogens is 1. The summed E-state index contributed by atoms with van der Waals surface area (Å²) < 4.78 is 16.8. The molecule has 0 spiro atoms. The highest BCUT2D eigenvalue weighted by Gasteiger charge is 2.34. The number of fused-ring (bicyclic) bond motifs is 1. The molecule has 6 heterocycles. The average Bonchev–Trinajstić information content (AvgIpc) is 3.60. The van der Waals surface area contributed by atoms with Gasteiger partial charge < -0.3 is 24.4 Å². The third kappa shape index (κ3) is 5.21. The van der Waals surface area contributed by atoms with Crippen molar-refractivity contribution in [3.63, 3.8) is 0 Å². The Morgan fingerprint density at radius 2 is 2.11 bits per heavy atom. The molecule has 3 aliphatic heterocycles. The number of nitrogens with one attached hydrogen (secondary N) is 2. The van der Waals surface area contributed by atoms with E-state index in [0.29, 0.717) is 38.2 Å². The van der Waals surface area contributed by atoms with Crippen LogP contribution in [0.2, 0.25) is 0 Å². The Balaban J connectivity index is 1.17. The van der Waals surface area contributed by atoms with Gasteiger partial charge >= 0.3 is 6.01 Å². The number of carbonyl (C=O) groups is 1. The summed E-state index contributed by atoms with van der Waals surface area (Å²) in [6.45, 7) is 6.37. The molecule has 37 heavy (non-hydrogen) atoms. The maximum atomic E-state index is 13.0. The minimum Gasteiger partial charge on any atom is -0.461 e. The lowest BCUT2D eigenvalue weighted by molar-refractivity contribution is -0.0978. The topological polar surface area (TPSA) is 140 Å². The van der Waals surface area contributed by atoms with Crippen LogP contribution >= 0.6 is 0 Å². The highest BCUT2D eigenvalue weighted by Crippen LogP contribution is 2.32.